The fraction of sp³-hybridized carbons (Fsp3) is 0.160. The van der Waals surface area contributed by atoms with Gasteiger partial charge in [-0.2, -0.15) is 0 Å². The van der Waals surface area contributed by atoms with Crippen LogP contribution < -0.4 is 15.5 Å². The summed E-state index contributed by atoms with van der Waals surface area (Å²) in [4.78, 5) is 39.4. The van der Waals surface area contributed by atoms with Crippen molar-refractivity contribution in [3.05, 3.63) is 89.7 Å². The predicted molar refractivity (Wildman–Crippen MR) is 121 cm³/mol. The molecule has 32 heavy (non-hydrogen) atoms. The summed E-state index contributed by atoms with van der Waals surface area (Å²) >= 11 is 0. The second kappa shape index (κ2) is 9.01. The normalized spacial score (nSPS) is 15.5. The van der Waals surface area contributed by atoms with E-state index in [1.165, 1.54) is 17.0 Å². The fourth-order valence-electron chi connectivity index (χ4n) is 3.73. The summed E-state index contributed by atoms with van der Waals surface area (Å²) < 4.78 is 14.1. The molecule has 0 aromatic heterocycles. The Morgan fingerprint density at radius 2 is 1.72 bits per heavy atom. The van der Waals surface area contributed by atoms with E-state index in [2.05, 4.69) is 10.6 Å². The Bertz CT molecular complexity index is 1190. The van der Waals surface area contributed by atoms with Crippen molar-refractivity contribution in [2.24, 2.45) is 5.92 Å². The summed E-state index contributed by atoms with van der Waals surface area (Å²) in [6.07, 6.45) is -0.0299. The van der Waals surface area contributed by atoms with Gasteiger partial charge in [0.1, 0.15) is 5.82 Å². The maximum Gasteiger partial charge on any atom is 0.257 e. The third-order valence-corrected chi connectivity index (χ3v) is 5.34. The average molecular weight is 431 g/mol. The molecule has 1 fully saturated rings. The number of hydrogen-bond donors (Lipinski definition) is 2. The minimum atomic E-state index is -0.657. The zero-order valence-electron chi connectivity index (χ0n) is 17.5. The number of nitrogens with one attached hydrogen (secondary N) is 2. The topological polar surface area (TPSA) is 78.5 Å². The molecule has 7 heteroatoms. The van der Waals surface area contributed by atoms with Crippen molar-refractivity contribution in [2.75, 3.05) is 22.1 Å². The van der Waals surface area contributed by atoms with Crippen molar-refractivity contribution >= 4 is 34.8 Å². The molecule has 3 amide bonds. The number of rotatable bonds is 5. The van der Waals surface area contributed by atoms with Crippen LogP contribution in [0.15, 0.2) is 72.8 Å². The molecule has 1 aliphatic rings. The van der Waals surface area contributed by atoms with Crippen LogP contribution in [0.5, 0.6) is 0 Å². The van der Waals surface area contributed by atoms with Crippen LogP contribution in [-0.2, 0) is 9.59 Å². The summed E-state index contributed by atoms with van der Waals surface area (Å²) in [6.45, 7) is 2.00. The van der Waals surface area contributed by atoms with Gasteiger partial charge < -0.3 is 15.5 Å². The molecule has 0 spiro atoms. The molecule has 1 aliphatic heterocycles. The number of halogens is 1. The number of amides is 3. The van der Waals surface area contributed by atoms with E-state index in [0.29, 0.717) is 16.9 Å². The van der Waals surface area contributed by atoms with E-state index < -0.39 is 17.6 Å². The van der Waals surface area contributed by atoms with Gasteiger partial charge in [0.15, 0.2) is 0 Å². The van der Waals surface area contributed by atoms with E-state index >= 15 is 0 Å². The summed E-state index contributed by atoms with van der Waals surface area (Å²) in [5.41, 5.74) is 2.47. The van der Waals surface area contributed by atoms with Crippen LogP contribution in [0.2, 0.25) is 0 Å². The Morgan fingerprint density at radius 3 is 2.50 bits per heavy atom. The molecule has 0 saturated carbocycles. The van der Waals surface area contributed by atoms with Gasteiger partial charge in [-0.1, -0.05) is 36.4 Å². The van der Waals surface area contributed by atoms with Crippen LogP contribution in [-0.4, -0.2) is 24.3 Å². The lowest BCUT2D eigenvalue weighted by molar-refractivity contribution is -0.122. The highest BCUT2D eigenvalue weighted by Crippen LogP contribution is 2.28. The highest BCUT2D eigenvalue weighted by atomic mass is 19.1. The molecule has 4 rings (SSSR count). The van der Waals surface area contributed by atoms with E-state index in [1.807, 2.05) is 25.1 Å². The van der Waals surface area contributed by atoms with Crippen LogP contribution in [0.1, 0.15) is 22.3 Å². The largest absolute Gasteiger partial charge is 0.325 e. The predicted octanol–water partition coefficient (Wildman–Crippen LogP) is 4.38. The van der Waals surface area contributed by atoms with Crippen molar-refractivity contribution in [2.45, 2.75) is 13.3 Å². The molecule has 1 heterocycles. The minimum absolute atomic E-state index is 0.0299. The lowest BCUT2D eigenvalue weighted by Gasteiger charge is -2.17. The Morgan fingerprint density at radius 1 is 0.969 bits per heavy atom. The molecule has 0 bridgehead atoms. The van der Waals surface area contributed by atoms with E-state index in [9.17, 15) is 18.8 Å². The Labute approximate surface area is 185 Å². The van der Waals surface area contributed by atoms with Gasteiger partial charge >= 0.3 is 0 Å². The molecular weight excluding hydrogens is 409 g/mol. The van der Waals surface area contributed by atoms with E-state index in [1.54, 1.807) is 42.5 Å². The number of carbonyl (C=O) groups excluding carboxylic acids is 3. The van der Waals surface area contributed by atoms with Crippen molar-refractivity contribution in [3.63, 3.8) is 0 Å². The summed E-state index contributed by atoms with van der Waals surface area (Å²) in [6, 6.07) is 20.1. The maximum atomic E-state index is 14.1. The first kappa shape index (κ1) is 21.2. The van der Waals surface area contributed by atoms with E-state index in [-0.39, 0.29) is 30.5 Å². The second-order valence-corrected chi connectivity index (χ2v) is 7.72. The first-order valence-corrected chi connectivity index (χ1v) is 10.2. The van der Waals surface area contributed by atoms with Crippen LogP contribution in [0.3, 0.4) is 0 Å². The van der Waals surface area contributed by atoms with Crippen LogP contribution >= 0.6 is 0 Å². The van der Waals surface area contributed by atoms with Gasteiger partial charge in [0, 0.05) is 18.7 Å². The third-order valence-electron chi connectivity index (χ3n) is 5.34. The molecule has 3 aromatic carbocycles. The third kappa shape index (κ3) is 4.51. The number of benzene rings is 3. The SMILES string of the molecule is Cc1cccc(NC(=O)c2ccccc2NC(=O)[C@@H]2CC(=O)N(c3ccccc3F)C2)c1. The number of para-hydroxylation sites is 2. The lowest BCUT2D eigenvalue weighted by Crippen LogP contribution is -2.29. The number of aryl methyl sites for hydroxylation is 1. The molecule has 1 saturated heterocycles. The molecule has 162 valence electrons. The summed E-state index contributed by atoms with van der Waals surface area (Å²) in [5, 5.41) is 5.60. The van der Waals surface area contributed by atoms with Gasteiger partial charge in [0.2, 0.25) is 11.8 Å². The fourth-order valence-corrected chi connectivity index (χ4v) is 3.73. The lowest BCUT2D eigenvalue weighted by atomic mass is 10.1. The van der Waals surface area contributed by atoms with Gasteiger partial charge in [0.05, 0.1) is 22.9 Å². The van der Waals surface area contributed by atoms with Crippen molar-refractivity contribution in [1.82, 2.24) is 0 Å². The number of carbonyl (C=O) groups is 3. The number of anilines is 3. The summed E-state index contributed by atoms with van der Waals surface area (Å²) in [7, 11) is 0. The zero-order chi connectivity index (χ0) is 22.7. The number of hydrogen-bond acceptors (Lipinski definition) is 3. The second-order valence-electron chi connectivity index (χ2n) is 7.72. The maximum absolute atomic E-state index is 14.1. The molecule has 1 atom stereocenters. The van der Waals surface area contributed by atoms with Gasteiger partial charge in [-0.25, -0.2) is 4.39 Å². The highest BCUT2D eigenvalue weighted by molar-refractivity contribution is 6.11. The van der Waals surface area contributed by atoms with Gasteiger partial charge in [-0.15, -0.1) is 0 Å². The van der Waals surface area contributed by atoms with E-state index in [4.69, 9.17) is 0 Å². The molecule has 0 aliphatic carbocycles. The zero-order valence-corrected chi connectivity index (χ0v) is 17.5. The molecule has 6 nitrogen and oxygen atoms in total. The smallest absolute Gasteiger partial charge is 0.257 e. The van der Waals surface area contributed by atoms with Crippen LogP contribution in [0, 0.1) is 18.7 Å². The van der Waals surface area contributed by atoms with Crippen molar-refractivity contribution < 1.29 is 18.8 Å². The summed E-state index contributed by atoms with van der Waals surface area (Å²) in [5.74, 6) is -2.24. The van der Waals surface area contributed by atoms with Crippen molar-refractivity contribution in [1.29, 1.82) is 0 Å². The van der Waals surface area contributed by atoms with Gasteiger partial charge in [-0.3, -0.25) is 14.4 Å². The van der Waals surface area contributed by atoms with Crippen molar-refractivity contribution in [3.8, 4) is 0 Å². The number of nitrogens with zero attached hydrogens (tertiary/aromatic N) is 1. The van der Waals surface area contributed by atoms with Crippen LogP contribution in [0.4, 0.5) is 21.5 Å². The molecule has 2 N–H and O–H groups in total. The van der Waals surface area contributed by atoms with Crippen LogP contribution in [0.25, 0.3) is 0 Å². The Hall–Kier alpha value is -4.00. The molecule has 3 aromatic rings. The Balaban J connectivity index is 1.48. The Kier molecular flexibility index (Phi) is 5.98. The van der Waals surface area contributed by atoms with Gasteiger partial charge in [0.25, 0.3) is 5.91 Å². The molecule has 0 unspecified atom stereocenters. The minimum Gasteiger partial charge on any atom is -0.325 e. The monoisotopic (exact) mass is 431 g/mol. The quantitative estimate of drug-likeness (QED) is 0.629. The first-order valence-electron chi connectivity index (χ1n) is 10.2. The van der Waals surface area contributed by atoms with Gasteiger partial charge in [-0.05, 0) is 48.9 Å². The molecular formula is C25H22FN3O3. The highest BCUT2D eigenvalue weighted by Gasteiger charge is 2.36. The standard InChI is InChI=1S/C25H22FN3O3/c1-16-7-6-8-18(13-16)27-25(32)19-9-2-4-11-21(19)28-24(31)17-14-23(30)29(15-17)22-12-5-3-10-20(22)26/h2-13,17H,14-15H2,1H3,(H,27,32)(H,28,31)/t17-/m1/s1. The first-order chi connectivity index (χ1) is 15.4. The van der Waals surface area contributed by atoms with E-state index in [0.717, 1.165) is 5.56 Å². The molecule has 0 radical (unpaired) electrons. The average Bonchev–Trinajstić information content (AvgIpc) is 3.16.